The number of rotatable bonds is 7. The average Bonchev–Trinajstić information content (AvgIpc) is 2.29. The number of nitrogens with one attached hydrogen (secondary N) is 2. The maximum atomic E-state index is 3.49. The molecule has 0 aliphatic carbocycles. The molecule has 2 heteroatoms. The maximum Gasteiger partial charge on any atom is 0.00790 e. The molecule has 1 aromatic rings. The van der Waals surface area contributed by atoms with Gasteiger partial charge in [0.15, 0.2) is 0 Å². The molecule has 0 aromatic heterocycles. The van der Waals surface area contributed by atoms with Crippen molar-refractivity contribution in [3.63, 3.8) is 0 Å². The first-order chi connectivity index (χ1) is 8.50. The Bertz CT molecular complexity index is 370. The number of hydrogen-bond acceptors (Lipinski definition) is 2. The zero-order valence-corrected chi connectivity index (χ0v) is 12.6. The van der Waals surface area contributed by atoms with E-state index >= 15 is 0 Å². The summed E-state index contributed by atoms with van der Waals surface area (Å²) in [5.74, 6) is 0. The predicted molar refractivity (Wildman–Crippen MR) is 80.4 cm³/mol. The van der Waals surface area contributed by atoms with Gasteiger partial charge in [0.05, 0.1) is 0 Å². The van der Waals surface area contributed by atoms with E-state index in [1.165, 1.54) is 22.3 Å². The summed E-state index contributed by atoms with van der Waals surface area (Å²) in [6.45, 7) is 14.1. The molecule has 0 bridgehead atoms. The molecule has 0 amide bonds. The quantitative estimate of drug-likeness (QED) is 0.725. The number of benzene rings is 1. The second kappa shape index (κ2) is 7.55. The third-order valence-electron chi connectivity index (χ3n) is 3.38. The maximum absolute atomic E-state index is 3.49. The van der Waals surface area contributed by atoms with Crippen molar-refractivity contribution in [2.75, 3.05) is 19.6 Å². The normalized spacial score (nSPS) is 11.2. The Kier molecular flexibility index (Phi) is 6.37. The fraction of sp³-hybridized carbons (Fsp3) is 0.625. The lowest BCUT2D eigenvalue weighted by atomic mass is 9.99. The van der Waals surface area contributed by atoms with Gasteiger partial charge in [0.2, 0.25) is 0 Å². The largest absolute Gasteiger partial charge is 0.315 e. The Morgan fingerprint density at radius 1 is 0.889 bits per heavy atom. The van der Waals surface area contributed by atoms with Crippen LogP contribution in [0.3, 0.4) is 0 Å². The van der Waals surface area contributed by atoms with Gasteiger partial charge < -0.3 is 10.6 Å². The molecule has 0 atom stereocenters. The summed E-state index contributed by atoms with van der Waals surface area (Å²) >= 11 is 0. The van der Waals surface area contributed by atoms with Crippen molar-refractivity contribution in [3.05, 3.63) is 34.4 Å². The molecule has 0 aliphatic rings. The monoisotopic (exact) mass is 248 g/mol. The van der Waals surface area contributed by atoms with Gasteiger partial charge in [-0.3, -0.25) is 0 Å². The zero-order chi connectivity index (χ0) is 13.5. The van der Waals surface area contributed by atoms with Crippen LogP contribution in [0.1, 0.15) is 36.1 Å². The van der Waals surface area contributed by atoms with Gasteiger partial charge in [-0.1, -0.05) is 26.0 Å². The third-order valence-corrected chi connectivity index (χ3v) is 3.38. The zero-order valence-electron chi connectivity index (χ0n) is 12.6. The fourth-order valence-electron chi connectivity index (χ4n) is 2.09. The molecule has 0 saturated carbocycles. The van der Waals surface area contributed by atoms with Crippen LogP contribution >= 0.6 is 0 Å². The lowest BCUT2D eigenvalue weighted by molar-refractivity contribution is 0.556. The van der Waals surface area contributed by atoms with Crippen LogP contribution in [0.25, 0.3) is 0 Å². The van der Waals surface area contributed by atoms with Crippen molar-refractivity contribution in [3.8, 4) is 0 Å². The first-order valence-electron chi connectivity index (χ1n) is 7.01. The van der Waals surface area contributed by atoms with Gasteiger partial charge in [0.25, 0.3) is 0 Å². The third kappa shape index (κ3) is 5.19. The van der Waals surface area contributed by atoms with Gasteiger partial charge in [0.1, 0.15) is 0 Å². The minimum atomic E-state index is 0.578. The molecule has 2 N–H and O–H groups in total. The van der Waals surface area contributed by atoms with Crippen LogP contribution in [0.4, 0.5) is 0 Å². The van der Waals surface area contributed by atoms with Crippen molar-refractivity contribution in [1.29, 1.82) is 0 Å². The van der Waals surface area contributed by atoms with Crippen LogP contribution in [0.2, 0.25) is 0 Å². The molecular weight excluding hydrogens is 220 g/mol. The SMILES string of the molecule is Cc1cc(C)c(CCNCCNC(C)C)cc1C. The van der Waals surface area contributed by atoms with Crippen molar-refractivity contribution in [2.24, 2.45) is 0 Å². The van der Waals surface area contributed by atoms with Crippen LogP contribution < -0.4 is 10.6 Å². The van der Waals surface area contributed by atoms with E-state index < -0.39 is 0 Å². The average molecular weight is 248 g/mol. The van der Waals surface area contributed by atoms with E-state index in [1.54, 1.807) is 0 Å². The highest BCUT2D eigenvalue weighted by Crippen LogP contribution is 2.15. The summed E-state index contributed by atoms with van der Waals surface area (Å²) in [7, 11) is 0. The lowest BCUT2D eigenvalue weighted by Gasteiger charge is -2.11. The summed E-state index contributed by atoms with van der Waals surface area (Å²) in [5.41, 5.74) is 5.69. The summed E-state index contributed by atoms with van der Waals surface area (Å²) < 4.78 is 0. The molecular formula is C16H28N2. The number of hydrogen-bond donors (Lipinski definition) is 2. The smallest absolute Gasteiger partial charge is 0.00790 e. The molecule has 1 rings (SSSR count). The molecule has 0 unspecified atom stereocenters. The topological polar surface area (TPSA) is 24.1 Å². The van der Waals surface area contributed by atoms with Crippen LogP contribution in [0.5, 0.6) is 0 Å². The van der Waals surface area contributed by atoms with Gasteiger partial charge in [0, 0.05) is 19.1 Å². The van der Waals surface area contributed by atoms with Crippen LogP contribution in [-0.4, -0.2) is 25.7 Å². The van der Waals surface area contributed by atoms with Crippen molar-refractivity contribution in [2.45, 2.75) is 47.1 Å². The summed E-state index contributed by atoms with van der Waals surface area (Å²) in [6.07, 6.45) is 1.12. The molecule has 0 saturated heterocycles. The first kappa shape index (κ1) is 15.2. The summed E-state index contributed by atoms with van der Waals surface area (Å²) in [5, 5.41) is 6.90. The van der Waals surface area contributed by atoms with E-state index in [2.05, 4.69) is 57.4 Å². The molecule has 102 valence electrons. The van der Waals surface area contributed by atoms with Crippen LogP contribution in [-0.2, 0) is 6.42 Å². The predicted octanol–water partition coefficient (Wildman–Crippen LogP) is 2.74. The van der Waals surface area contributed by atoms with Crippen molar-refractivity contribution < 1.29 is 0 Å². The van der Waals surface area contributed by atoms with E-state index in [0.717, 1.165) is 26.1 Å². The van der Waals surface area contributed by atoms with E-state index in [1.807, 2.05) is 0 Å². The van der Waals surface area contributed by atoms with E-state index in [0.29, 0.717) is 6.04 Å². The van der Waals surface area contributed by atoms with Crippen LogP contribution in [0.15, 0.2) is 12.1 Å². The van der Waals surface area contributed by atoms with Crippen molar-refractivity contribution in [1.82, 2.24) is 10.6 Å². The van der Waals surface area contributed by atoms with E-state index in [9.17, 15) is 0 Å². The lowest BCUT2D eigenvalue weighted by Crippen LogP contribution is -2.32. The van der Waals surface area contributed by atoms with Gasteiger partial charge in [-0.05, 0) is 56.0 Å². The Morgan fingerprint density at radius 2 is 1.56 bits per heavy atom. The van der Waals surface area contributed by atoms with Crippen molar-refractivity contribution >= 4 is 0 Å². The molecule has 18 heavy (non-hydrogen) atoms. The second-order valence-corrected chi connectivity index (χ2v) is 5.47. The Morgan fingerprint density at radius 3 is 2.22 bits per heavy atom. The Balaban J connectivity index is 2.29. The van der Waals surface area contributed by atoms with Gasteiger partial charge in [-0.2, -0.15) is 0 Å². The Labute approximate surface area is 112 Å². The molecule has 1 aromatic carbocycles. The summed E-state index contributed by atoms with van der Waals surface area (Å²) in [4.78, 5) is 0. The highest BCUT2D eigenvalue weighted by Gasteiger charge is 2.01. The molecule has 0 radical (unpaired) electrons. The standard InChI is InChI=1S/C16H28N2/c1-12(2)18-9-8-17-7-6-16-11-14(4)13(3)10-15(16)5/h10-12,17-18H,6-9H2,1-5H3. The van der Waals surface area contributed by atoms with E-state index in [-0.39, 0.29) is 0 Å². The molecule has 0 aliphatic heterocycles. The van der Waals surface area contributed by atoms with Gasteiger partial charge in [-0.15, -0.1) is 0 Å². The molecule has 0 fully saturated rings. The molecule has 0 spiro atoms. The highest BCUT2D eigenvalue weighted by molar-refractivity contribution is 5.36. The minimum absolute atomic E-state index is 0.578. The fourth-order valence-corrected chi connectivity index (χ4v) is 2.09. The molecule has 2 nitrogen and oxygen atoms in total. The Hall–Kier alpha value is -0.860. The first-order valence-corrected chi connectivity index (χ1v) is 7.01. The van der Waals surface area contributed by atoms with Gasteiger partial charge in [-0.25, -0.2) is 0 Å². The highest BCUT2D eigenvalue weighted by atomic mass is 14.9. The van der Waals surface area contributed by atoms with Crippen LogP contribution in [0, 0.1) is 20.8 Å². The molecule has 0 heterocycles. The number of aryl methyl sites for hydroxylation is 3. The van der Waals surface area contributed by atoms with E-state index in [4.69, 9.17) is 0 Å². The second-order valence-electron chi connectivity index (χ2n) is 5.47. The summed E-state index contributed by atoms with van der Waals surface area (Å²) in [6, 6.07) is 5.21. The minimum Gasteiger partial charge on any atom is -0.315 e. The van der Waals surface area contributed by atoms with Gasteiger partial charge >= 0.3 is 0 Å².